The van der Waals surface area contributed by atoms with Crippen LogP contribution < -0.4 is 0 Å². The maximum Gasteiger partial charge on any atom is 0.265 e. The lowest BCUT2D eigenvalue weighted by atomic mass is 9.78. The largest absolute Gasteiger partial charge is 0.296 e. The molecule has 0 bridgehead atoms. The van der Waals surface area contributed by atoms with Crippen LogP contribution in [-0.2, 0) is 24.7 Å². The van der Waals surface area contributed by atoms with Crippen molar-refractivity contribution in [1.82, 2.24) is 0 Å². The van der Waals surface area contributed by atoms with Crippen LogP contribution in [-0.4, -0.2) is 20.5 Å². The Hall–Kier alpha value is -0.910. The van der Waals surface area contributed by atoms with E-state index in [1.54, 1.807) is 24.3 Å². The van der Waals surface area contributed by atoms with Gasteiger partial charge in [0.2, 0.25) is 0 Å². The van der Waals surface area contributed by atoms with Crippen LogP contribution >= 0.6 is 11.6 Å². The molecule has 0 N–H and O–H groups in total. The monoisotopic (exact) mass is 302 g/mol. The molecule has 1 aliphatic rings. The minimum Gasteiger partial charge on any atom is -0.296 e. The number of halogens is 1. The molecule has 2 rings (SSSR count). The molecule has 1 aromatic carbocycles. The van der Waals surface area contributed by atoms with Gasteiger partial charge in [-0.2, -0.15) is 8.42 Å². The zero-order valence-corrected chi connectivity index (χ0v) is 12.1. The molecule has 0 spiro atoms. The molecule has 1 aromatic rings. The molecule has 0 heterocycles. The first-order chi connectivity index (χ1) is 8.85. The predicted octanol–water partition coefficient (Wildman–Crippen LogP) is 2.65. The molecule has 1 fully saturated rings. The summed E-state index contributed by atoms with van der Waals surface area (Å²) in [6.45, 7) is 0. The van der Waals surface area contributed by atoms with E-state index in [0.29, 0.717) is 23.4 Å². The van der Waals surface area contributed by atoms with E-state index in [0.717, 1.165) is 19.1 Å². The van der Waals surface area contributed by atoms with Crippen LogP contribution in [0.4, 0.5) is 0 Å². The zero-order chi connectivity index (χ0) is 14.1. The van der Waals surface area contributed by atoms with Gasteiger partial charge in [0.05, 0.1) is 6.26 Å². The molecule has 104 valence electrons. The average molecular weight is 303 g/mol. The van der Waals surface area contributed by atoms with Gasteiger partial charge in [-0.05, 0) is 25.3 Å². The quantitative estimate of drug-likeness (QED) is 0.805. The van der Waals surface area contributed by atoms with Gasteiger partial charge >= 0.3 is 0 Å². The van der Waals surface area contributed by atoms with E-state index < -0.39 is 15.7 Å². The zero-order valence-electron chi connectivity index (χ0n) is 10.6. The number of carbonyl (C=O) groups is 1. The van der Waals surface area contributed by atoms with Crippen LogP contribution in [0.1, 0.15) is 31.2 Å². The highest BCUT2D eigenvalue weighted by molar-refractivity contribution is 7.86. The fraction of sp³-hybridized carbons (Fsp3) is 0.462. The third-order valence-electron chi connectivity index (χ3n) is 3.24. The summed E-state index contributed by atoms with van der Waals surface area (Å²) >= 11 is 6.11. The normalized spacial score (nSPS) is 24.4. The fourth-order valence-corrected chi connectivity index (χ4v) is 3.54. The first-order valence-electron chi connectivity index (χ1n) is 6.04. The van der Waals surface area contributed by atoms with Crippen molar-refractivity contribution in [2.75, 3.05) is 6.26 Å². The van der Waals surface area contributed by atoms with Crippen molar-refractivity contribution >= 4 is 27.5 Å². The van der Waals surface area contributed by atoms with Crippen molar-refractivity contribution in [1.29, 1.82) is 0 Å². The second kappa shape index (κ2) is 5.23. The summed E-state index contributed by atoms with van der Waals surface area (Å²) in [5.41, 5.74) is -1.02. The van der Waals surface area contributed by atoms with Crippen molar-refractivity contribution in [2.45, 2.75) is 31.3 Å². The summed E-state index contributed by atoms with van der Waals surface area (Å²) < 4.78 is 28.2. The smallest absolute Gasteiger partial charge is 0.265 e. The number of ketones is 1. The Balaban J connectivity index is 2.57. The van der Waals surface area contributed by atoms with Gasteiger partial charge in [-0.15, -0.1) is 0 Å². The standard InChI is InChI=1S/C13H15ClO4S/c1-19(16,17)18-13(9-5-4-8-12(13)15)10-6-2-3-7-11(10)14/h2-3,6-7H,4-5,8-9H2,1H3. The predicted molar refractivity (Wildman–Crippen MR) is 72.5 cm³/mol. The minimum atomic E-state index is -3.76. The summed E-state index contributed by atoms with van der Waals surface area (Å²) in [4.78, 5) is 12.3. The topological polar surface area (TPSA) is 60.4 Å². The Kier molecular flexibility index (Phi) is 3.99. The van der Waals surface area contributed by atoms with Crippen LogP contribution in [0.2, 0.25) is 5.02 Å². The molecule has 1 unspecified atom stereocenters. The maximum atomic E-state index is 12.3. The second-order valence-electron chi connectivity index (χ2n) is 4.72. The Morgan fingerprint density at radius 2 is 1.95 bits per heavy atom. The number of rotatable bonds is 3. The maximum absolute atomic E-state index is 12.3. The van der Waals surface area contributed by atoms with Gasteiger partial charge in [-0.25, -0.2) is 0 Å². The van der Waals surface area contributed by atoms with E-state index in [9.17, 15) is 13.2 Å². The van der Waals surface area contributed by atoms with Crippen LogP contribution in [0.25, 0.3) is 0 Å². The molecule has 0 amide bonds. The number of hydrogen-bond donors (Lipinski definition) is 0. The Morgan fingerprint density at radius 3 is 2.53 bits per heavy atom. The Labute approximate surface area is 117 Å². The van der Waals surface area contributed by atoms with Crippen LogP contribution in [0.5, 0.6) is 0 Å². The lowest BCUT2D eigenvalue weighted by molar-refractivity contribution is -0.138. The highest BCUT2D eigenvalue weighted by atomic mass is 35.5. The van der Waals surface area contributed by atoms with Crippen molar-refractivity contribution in [3.63, 3.8) is 0 Å². The molecule has 0 radical (unpaired) electrons. The number of hydrogen-bond acceptors (Lipinski definition) is 4. The molecule has 6 heteroatoms. The highest BCUT2D eigenvalue weighted by Crippen LogP contribution is 2.41. The Morgan fingerprint density at radius 1 is 1.26 bits per heavy atom. The van der Waals surface area contributed by atoms with E-state index in [2.05, 4.69) is 0 Å². The van der Waals surface area contributed by atoms with Gasteiger partial charge in [-0.1, -0.05) is 29.8 Å². The first kappa shape index (κ1) is 14.5. The third-order valence-corrected chi connectivity index (χ3v) is 4.15. The minimum absolute atomic E-state index is 0.225. The second-order valence-corrected chi connectivity index (χ2v) is 6.71. The van der Waals surface area contributed by atoms with Gasteiger partial charge in [0.15, 0.2) is 11.4 Å². The van der Waals surface area contributed by atoms with E-state index in [1.807, 2.05) is 0 Å². The molecule has 0 aromatic heterocycles. The van der Waals surface area contributed by atoms with Crippen LogP contribution in [0.15, 0.2) is 24.3 Å². The van der Waals surface area contributed by atoms with Crippen LogP contribution in [0.3, 0.4) is 0 Å². The molecule has 0 aliphatic heterocycles. The lowest BCUT2D eigenvalue weighted by Gasteiger charge is -2.35. The molecule has 4 nitrogen and oxygen atoms in total. The van der Waals surface area contributed by atoms with Crippen molar-refractivity contribution in [3.8, 4) is 0 Å². The highest BCUT2D eigenvalue weighted by Gasteiger charge is 2.46. The van der Waals surface area contributed by atoms with E-state index in [1.165, 1.54) is 0 Å². The number of carbonyl (C=O) groups excluding carboxylic acids is 1. The summed E-state index contributed by atoms with van der Waals surface area (Å²) in [5.74, 6) is -0.225. The molecule has 1 atom stereocenters. The summed E-state index contributed by atoms with van der Waals surface area (Å²) in [7, 11) is -3.76. The lowest BCUT2D eigenvalue weighted by Crippen LogP contribution is -2.42. The van der Waals surface area contributed by atoms with Crippen molar-refractivity contribution < 1.29 is 17.4 Å². The summed E-state index contributed by atoms with van der Waals surface area (Å²) in [6, 6.07) is 6.73. The molecular formula is C13H15ClO4S. The van der Waals surface area contributed by atoms with Crippen molar-refractivity contribution in [2.24, 2.45) is 0 Å². The first-order valence-corrected chi connectivity index (χ1v) is 8.23. The molecular weight excluding hydrogens is 288 g/mol. The number of Topliss-reactive ketones (excluding diaryl/α,β-unsaturated/α-hetero) is 1. The van der Waals surface area contributed by atoms with Gasteiger partial charge in [0.25, 0.3) is 10.1 Å². The van der Waals surface area contributed by atoms with E-state index in [4.69, 9.17) is 15.8 Å². The molecule has 1 saturated carbocycles. The van der Waals surface area contributed by atoms with Crippen molar-refractivity contribution in [3.05, 3.63) is 34.9 Å². The molecule has 1 aliphatic carbocycles. The van der Waals surface area contributed by atoms with Gasteiger partial charge in [0, 0.05) is 17.0 Å². The van der Waals surface area contributed by atoms with Gasteiger partial charge < -0.3 is 0 Å². The SMILES string of the molecule is CS(=O)(=O)OC1(c2ccccc2Cl)CCCCC1=O. The fourth-order valence-electron chi connectivity index (χ4n) is 2.47. The van der Waals surface area contributed by atoms with E-state index >= 15 is 0 Å². The summed E-state index contributed by atoms with van der Waals surface area (Å²) in [5, 5.41) is 0.349. The molecule has 0 saturated heterocycles. The average Bonchev–Trinajstić information content (AvgIpc) is 2.31. The van der Waals surface area contributed by atoms with E-state index in [-0.39, 0.29) is 5.78 Å². The van der Waals surface area contributed by atoms with Gasteiger partial charge in [0.1, 0.15) is 0 Å². The third kappa shape index (κ3) is 2.99. The van der Waals surface area contributed by atoms with Crippen LogP contribution in [0, 0.1) is 0 Å². The molecule has 19 heavy (non-hydrogen) atoms. The number of benzene rings is 1. The summed E-state index contributed by atoms with van der Waals surface area (Å²) in [6.07, 6.45) is 3.07. The Bertz CT molecular complexity index is 596. The van der Waals surface area contributed by atoms with Gasteiger partial charge in [-0.3, -0.25) is 8.98 Å².